The highest BCUT2D eigenvalue weighted by Gasteiger charge is 2.54. The lowest BCUT2D eigenvalue weighted by Gasteiger charge is -2.55. The molecule has 0 spiro atoms. The van der Waals surface area contributed by atoms with Crippen LogP contribution in [0.2, 0.25) is 0 Å². The van der Waals surface area contributed by atoms with Crippen molar-refractivity contribution in [2.24, 2.45) is 23.2 Å². The van der Waals surface area contributed by atoms with Crippen LogP contribution in [0, 0.1) is 30.1 Å². The van der Waals surface area contributed by atoms with Gasteiger partial charge in [0.25, 0.3) is 5.56 Å². The number of thiazole rings is 1. The first-order valence-corrected chi connectivity index (χ1v) is 12.4. The molecule has 4 fully saturated rings. The van der Waals surface area contributed by atoms with Crippen LogP contribution in [-0.4, -0.2) is 15.3 Å². The van der Waals surface area contributed by atoms with Crippen molar-refractivity contribution in [3.05, 3.63) is 57.5 Å². The molecule has 4 aliphatic rings. The van der Waals surface area contributed by atoms with Crippen LogP contribution in [0.1, 0.15) is 49.8 Å². The number of aryl methyl sites for hydroxylation is 1. The Labute approximate surface area is 190 Å². The molecular formula is C25H27N3O3S. The Bertz CT molecular complexity index is 1230. The molecule has 2 heterocycles. The molecule has 4 aliphatic carbocycles. The van der Waals surface area contributed by atoms with E-state index >= 15 is 0 Å². The lowest BCUT2D eigenvalue weighted by molar-refractivity contribution is -0.140. The van der Waals surface area contributed by atoms with Gasteiger partial charge in [-0.3, -0.25) is 14.0 Å². The molecule has 7 rings (SSSR count). The maximum atomic E-state index is 13.5. The van der Waals surface area contributed by atoms with Gasteiger partial charge in [0.2, 0.25) is 5.91 Å². The van der Waals surface area contributed by atoms with Gasteiger partial charge in [-0.2, -0.15) is 0 Å². The minimum Gasteiger partial charge on any atom is -0.485 e. The Morgan fingerprint density at radius 3 is 2.62 bits per heavy atom. The molecule has 0 radical (unpaired) electrons. The summed E-state index contributed by atoms with van der Waals surface area (Å²) in [6.45, 7) is 2.17. The first kappa shape index (κ1) is 20.0. The first-order chi connectivity index (χ1) is 15.5. The van der Waals surface area contributed by atoms with E-state index in [0.717, 1.165) is 42.6 Å². The minimum absolute atomic E-state index is 0.116. The number of amides is 1. The summed E-state index contributed by atoms with van der Waals surface area (Å²) in [6, 6.07) is 7.35. The third kappa shape index (κ3) is 3.43. The predicted octanol–water partition coefficient (Wildman–Crippen LogP) is 4.80. The van der Waals surface area contributed by atoms with Crippen LogP contribution in [0.25, 0.3) is 4.96 Å². The number of aromatic nitrogens is 2. The number of fused-ring (bicyclic) bond motifs is 1. The summed E-state index contributed by atoms with van der Waals surface area (Å²) in [4.78, 5) is 30.9. The fraction of sp³-hybridized carbons (Fsp3) is 0.480. The number of benzene rings is 1. The zero-order chi connectivity index (χ0) is 21.9. The van der Waals surface area contributed by atoms with E-state index in [-0.39, 0.29) is 23.5 Å². The van der Waals surface area contributed by atoms with Gasteiger partial charge in [-0.15, -0.1) is 11.3 Å². The van der Waals surface area contributed by atoms with Crippen molar-refractivity contribution in [3.8, 4) is 5.75 Å². The van der Waals surface area contributed by atoms with Gasteiger partial charge in [-0.25, -0.2) is 4.98 Å². The standard InChI is InChI=1S/C25H27N3O3S/c1-15-2-3-20(27-23(30)25-11-16-7-17(12-25)9-18(8-16)13-25)21(6-15)31-14-19-10-22(29)28-4-5-32-24(28)26-19/h2-6,10,16-18H,7-9,11-14H2,1H3,(H,27,30). The van der Waals surface area contributed by atoms with Gasteiger partial charge in [0.15, 0.2) is 4.96 Å². The molecule has 4 bridgehead atoms. The summed E-state index contributed by atoms with van der Waals surface area (Å²) >= 11 is 1.42. The highest BCUT2D eigenvalue weighted by Crippen LogP contribution is 2.60. The zero-order valence-electron chi connectivity index (χ0n) is 18.2. The normalized spacial score (nSPS) is 28.2. The van der Waals surface area contributed by atoms with Crippen LogP contribution in [0.3, 0.4) is 0 Å². The van der Waals surface area contributed by atoms with Crippen molar-refractivity contribution in [1.29, 1.82) is 0 Å². The average molecular weight is 450 g/mol. The molecule has 7 heteroatoms. The van der Waals surface area contributed by atoms with Crippen molar-refractivity contribution >= 4 is 27.9 Å². The molecule has 0 atom stereocenters. The van der Waals surface area contributed by atoms with Crippen LogP contribution in [0.4, 0.5) is 5.69 Å². The van der Waals surface area contributed by atoms with Gasteiger partial charge in [-0.1, -0.05) is 6.07 Å². The Balaban J connectivity index is 1.23. The lowest BCUT2D eigenvalue weighted by Crippen LogP contribution is -2.51. The number of hydrogen-bond acceptors (Lipinski definition) is 5. The summed E-state index contributed by atoms with van der Waals surface area (Å²) in [7, 11) is 0. The molecule has 6 nitrogen and oxygen atoms in total. The number of ether oxygens (including phenoxy) is 1. The molecule has 1 amide bonds. The van der Waals surface area contributed by atoms with E-state index in [4.69, 9.17) is 4.74 Å². The molecular weight excluding hydrogens is 422 g/mol. The predicted molar refractivity (Wildman–Crippen MR) is 124 cm³/mol. The van der Waals surface area contributed by atoms with Gasteiger partial charge in [0.05, 0.1) is 16.8 Å². The maximum Gasteiger partial charge on any atom is 0.258 e. The van der Waals surface area contributed by atoms with Crippen molar-refractivity contribution < 1.29 is 9.53 Å². The number of carbonyl (C=O) groups excluding carboxylic acids is 1. The first-order valence-electron chi connectivity index (χ1n) is 11.5. The SMILES string of the molecule is Cc1ccc(NC(=O)C23CC4CC(CC(C4)C2)C3)c(OCc2cc(=O)n3ccsc3n2)c1. The van der Waals surface area contributed by atoms with Crippen molar-refractivity contribution in [2.45, 2.75) is 52.1 Å². The third-order valence-corrected chi connectivity index (χ3v) is 8.39. The van der Waals surface area contributed by atoms with Gasteiger partial charge < -0.3 is 10.1 Å². The van der Waals surface area contributed by atoms with E-state index in [1.807, 2.05) is 30.5 Å². The summed E-state index contributed by atoms with van der Waals surface area (Å²) in [6.07, 6.45) is 8.75. The Morgan fingerprint density at radius 1 is 1.19 bits per heavy atom. The summed E-state index contributed by atoms with van der Waals surface area (Å²) in [5.41, 5.74) is 2.00. The van der Waals surface area contributed by atoms with Gasteiger partial charge >= 0.3 is 0 Å². The van der Waals surface area contributed by atoms with Gasteiger partial charge in [0, 0.05) is 17.6 Å². The molecule has 1 aromatic carbocycles. The molecule has 32 heavy (non-hydrogen) atoms. The van der Waals surface area contributed by atoms with Crippen LogP contribution in [0.5, 0.6) is 5.75 Å². The molecule has 4 saturated carbocycles. The summed E-state index contributed by atoms with van der Waals surface area (Å²) in [5.74, 6) is 2.94. The van der Waals surface area contributed by atoms with Crippen LogP contribution >= 0.6 is 11.3 Å². The average Bonchev–Trinajstić information content (AvgIpc) is 3.22. The minimum atomic E-state index is -0.211. The fourth-order valence-corrected chi connectivity index (χ4v) is 7.35. The molecule has 0 saturated heterocycles. The van der Waals surface area contributed by atoms with Gasteiger partial charge in [0.1, 0.15) is 12.4 Å². The van der Waals surface area contributed by atoms with E-state index < -0.39 is 0 Å². The molecule has 1 N–H and O–H groups in total. The number of anilines is 1. The second kappa shape index (κ2) is 7.44. The van der Waals surface area contributed by atoms with E-state index in [1.165, 1.54) is 41.1 Å². The summed E-state index contributed by atoms with van der Waals surface area (Å²) in [5, 5.41) is 5.06. The lowest BCUT2D eigenvalue weighted by atomic mass is 9.49. The smallest absolute Gasteiger partial charge is 0.258 e. The molecule has 166 valence electrons. The van der Waals surface area contributed by atoms with Crippen LogP contribution in [-0.2, 0) is 11.4 Å². The van der Waals surface area contributed by atoms with Crippen molar-refractivity contribution in [1.82, 2.24) is 9.38 Å². The van der Waals surface area contributed by atoms with Crippen LogP contribution in [0.15, 0.2) is 40.6 Å². The Kier molecular flexibility index (Phi) is 4.64. The van der Waals surface area contributed by atoms with Crippen molar-refractivity contribution in [2.75, 3.05) is 5.32 Å². The van der Waals surface area contributed by atoms with Gasteiger partial charge in [-0.05, 0) is 80.9 Å². The monoisotopic (exact) mass is 449 g/mol. The van der Waals surface area contributed by atoms with E-state index in [1.54, 1.807) is 6.20 Å². The number of hydrogen-bond donors (Lipinski definition) is 1. The number of nitrogens with one attached hydrogen (secondary N) is 1. The third-order valence-electron chi connectivity index (χ3n) is 7.64. The van der Waals surface area contributed by atoms with E-state index in [9.17, 15) is 9.59 Å². The molecule has 0 aliphatic heterocycles. The highest BCUT2D eigenvalue weighted by atomic mass is 32.1. The van der Waals surface area contributed by atoms with E-state index in [2.05, 4.69) is 10.3 Å². The largest absolute Gasteiger partial charge is 0.485 e. The zero-order valence-corrected chi connectivity index (χ0v) is 19.0. The fourth-order valence-electron chi connectivity index (χ4n) is 6.61. The quantitative estimate of drug-likeness (QED) is 0.607. The maximum absolute atomic E-state index is 13.5. The topological polar surface area (TPSA) is 72.7 Å². The van der Waals surface area contributed by atoms with Crippen LogP contribution < -0.4 is 15.6 Å². The second-order valence-corrected chi connectivity index (χ2v) is 11.0. The van der Waals surface area contributed by atoms with Crippen molar-refractivity contribution in [3.63, 3.8) is 0 Å². The Morgan fingerprint density at radius 2 is 1.91 bits per heavy atom. The molecule has 3 aromatic rings. The number of rotatable bonds is 5. The number of carbonyl (C=O) groups is 1. The molecule has 2 aromatic heterocycles. The Hall–Kier alpha value is -2.67. The highest BCUT2D eigenvalue weighted by molar-refractivity contribution is 7.15. The number of nitrogens with zero attached hydrogens (tertiary/aromatic N) is 2. The van der Waals surface area contributed by atoms with E-state index in [0.29, 0.717) is 22.1 Å². The second-order valence-electron chi connectivity index (χ2n) is 10.1. The molecule has 0 unspecified atom stereocenters. The summed E-state index contributed by atoms with van der Waals surface area (Å²) < 4.78 is 7.61.